The molecule has 4 aliphatic heterocycles. The van der Waals surface area contributed by atoms with Gasteiger partial charge in [-0.25, -0.2) is 0 Å². The van der Waals surface area contributed by atoms with Gasteiger partial charge < -0.3 is 29.4 Å². The van der Waals surface area contributed by atoms with Crippen LogP contribution < -0.4 is 14.8 Å². The number of likely N-dealkylation sites (tertiary alicyclic amines) is 1. The molecule has 7 nitrogen and oxygen atoms in total. The molecule has 2 fully saturated rings. The van der Waals surface area contributed by atoms with Crippen molar-refractivity contribution in [1.82, 2.24) is 10.2 Å². The van der Waals surface area contributed by atoms with Gasteiger partial charge in [-0.05, 0) is 90.8 Å². The van der Waals surface area contributed by atoms with Gasteiger partial charge in [0.2, 0.25) is 0 Å². The van der Waals surface area contributed by atoms with Gasteiger partial charge in [-0.15, -0.1) is 0 Å². The number of nitrogens with one attached hydrogen (secondary N) is 1. The number of methoxy groups -OCH3 is 2. The van der Waals surface area contributed by atoms with Crippen LogP contribution in [0.3, 0.4) is 0 Å². The van der Waals surface area contributed by atoms with Gasteiger partial charge in [0.05, 0.1) is 25.0 Å². The first-order valence-corrected chi connectivity index (χ1v) is 17.7. The molecule has 4 heterocycles. The fourth-order valence-corrected chi connectivity index (χ4v) is 10.7. The van der Waals surface area contributed by atoms with E-state index in [0.29, 0.717) is 17.8 Å². The number of aromatic hydroxyl groups is 1. The van der Waals surface area contributed by atoms with Gasteiger partial charge in [0.25, 0.3) is 0 Å². The maximum Gasteiger partial charge on any atom is 0.169 e. The smallest absolute Gasteiger partial charge is 0.169 e. The van der Waals surface area contributed by atoms with Crippen LogP contribution in [0, 0.1) is 6.92 Å². The zero-order chi connectivity index (χ0) is 33.1. The van der Waals surface area contributed by atoms with Crippen molar-refractivity contribution in [3.8, 4) is 17.2 Å². The number of piperidine rings is 2. The minimum absolute atomic E-state index is 0.0194. The molecule has 11 rings (SSSR count). The van der Waals surface area contributed by atoms with Crippen LogP contribution >= 0.6 is 0 Å². The Kier molecular flexibility index (Phi) is 6.32. The number of benzene rings is 3. The topological polar surface area (TPSA) is 72.4 Å². The predicted octanol–water partition coefficient (Wildman–Crippen LogP) is 6.07. The van der Waals surface area contributed by atoms with E-state index in [0.717, 1.165) is 62.6 Å². The van der Waals surface area contributed by atoms with Gasteiger partial charge in [-0.1, -0.05) is 60.7 Å². The average molecular weight is 655 g/mol. The molecule has 8 aliphatic rings. The number of ether oxygens (including phenoxy) is 4. The van der Waals surface area contributed by atoms with Crippen LogP contribution in [0.25, 0.3) is 0 Å². The van der Waals surface area contributed by atoms with Crippen LogP contribution in [-0.2, 0) is 39.7 Å². The summed E-state index contributed by atoms with van der Waals surface area (Å²) in [5.74, 6) is 3.82. The standard InChI is InChI=1S/C25H25NO2.C17H17NO3/c1-16-8-9-18-14-20-19-10-11-21(27-2)24-25(19,22(18)23(16)28-24)12-13-26(20)15-17-6-4-3-5-7-17;1-20-13-5-3-10-11-8-9-2-4-12(19)15-14(9)17(10,6-7-18-11)16(13)21-15/h3-11,20,24H,12-15H2,1-2H3;2-5,11,16,18-19H,6-8H2,1H3/t20-,24+,25+;11-,16+,17+/m11/s1. The molecule has 3 aromatic rings. The number of phenolic OH excluding ortho intramolecular Hbond substituents is 1. The first-order valence-electron chi connectivity index (χ1n) is 17.7. The van der Waals surface area contributed by atoms with Crippen molar-refractivity contribution < 1.29 is 24.1 Å². The number of allylic oxidation sites excluding steroid dienone is 4. The lowest BCUT2D eigenvalue weighted by Crippen LogP contribution is -2.59. The average Bonchev–Trinajstić information content (AvgIpc) is 3.66. The van der Waals surface area contributed by atoms with E-state index in [1.165, 1.54) is 44.5 Å². The Hall–Kier alpha value is -4.46. The van der Waals surface area contributed by atoms with E-state index in [4.69, 9.17) is 18.9 Å². The highest BCUT2D eigenvalue weighted by Crippen LogP contribution is 2.63. The largest absolute Gasteiger partial charge is 0.504 e. The number of aryl methyl sites for hydroxylation is 1. The third-order valence-electron chi connectivity index (χ3n) is 12.7. The molecule has 6 atom stereocenters. The van der Waals surface area contributed by atoms with Gasteiger partial charge in [-0.3, -0.25) is 4.90 Å². The number of phenols is 1. The van der Waals surface area contributed by atoms with Crippen molar-refractivity contribution in [2.24, 2.45) is 0 Å². The summed E-state index contributed by atoms with van der Waals surface area (Å²) < 4.78 is 24.2. The molecule has 0 radical (unpaired) electrons. The second-order valence-electron chi connectivity index (χ2n) is 14.8. The molecule has 2 N–H and O–H groups in total. The normalized spacial score (nSPS) is 31.7. The third kappa shape index (κ3) is 3.80. The van der Waals surface area contributed by atoms with Crippen LogP contribution in [-0.4, -0.2) is 61.6 Å². The summed E-state index contributed by atoms with van der Waals surface area (Å²) in [7, 11) is 3.46. The molecule has 0 unspecified atom stereocenters. The van der Waals surface area contributed by atoms with Gasteiger partial charge in [0.1, 0.15) is 17.3 Å². The summed E-state index contributed by atoms with van der Waals surface area (Å²) in [5.41, 5.74) is 10.7. The van der Waals surface area contributed by atoms with E-state index in [9.17, 15) is 5.11 Å². The number of rotatable bonds is 4. The van der Waals surface area contributed by atoms with E-state index in [2.05, 4.69) is 77.8 Å². The summed E-state index contributed by atoms with van der Waals surface area (Å²) in [6.07, 6.45) is 12.6. The van der Waals surface area contributed by atoms with Crippen LogP contribution in [0.5, 0.6) is 17.2 Å². The lowest BCUT2D eigenvalue weighted by molar-refractivity contribution is 0.0617. The van der Waals surface area contributed by atoms with Gasteiger partial charge in [-0.2, -0.15) is 0 Å². The molecular formula is C42H42N2O5. The first kappa shape index (κ1) is 29.5. The van der Waals surface area contributed by atoms with Crippen LogP contribution in [0.1, 0.15) is 46.2 Å². The second kappa shape index (κ2) is 10.5. The highest BCUT2D eigenvalue weighted by molar-refractivity contribution is 5.68. The van der Waals surface area contributed by atoms with Gasteiger partial charge in [0.15, 0.2) is 23.7 Å². The molecule has 250 valence electrons. The summed E-state index contributed by atoms with van der Waals surface area (Å²) in [5, 5.41) is 13.9. The minimum Gasteiger partial charge on any atom is -0.504 e. The van der Waals surface area contributed by atoms with E-state index >= 15 is 0 Å². The fourth-order valence-electron chi connectivity index (χ4n) is 10.7. The first-order chi connectivity index (χ1) is 24.0. The summed E-state index contributed by atoms with van der Waals surface area (Å²) in [6.45, 7) is 5.22. The van der Waals surface area contributed by atoms with Crippen molar-refractivity contribution >= 4 is 0 Å². The molecule has 0 saturated carbocycles. The number of nitrogens with zero attached hydrogens (tertiary/aromatic N) is 1. The summed E-state index contributed by atoms with van der Waals surface area (Å²) in [6, 6.07) is 20.0. The zero-order valence-electron chi connectivity index (χ0n) is 28.3. The lowest BCUT2D eigenvalue weighted by atomic mass is 9.57. The Morgan fingerprint density at radius 1 is 0.796 bits per heavy atom. The Morgan fingerprint density at radius 2 is 1.47 bits per heavy atom. The predicted molar refractivity (Wildman–Crippen MR) is 187 cm³/mol. The van der Waals surface area contributed by atoms with E-state index in [-0.39, 0.29) is 28.8 Å². The third-order valence-corrected chi connectivity index (χ3v) is 12.7. The molecular weight excluding hydrogens is 612 g/mol. The highest BCUT2D eigenvalue weighted by atomic mass is 16.5. The van der Waals surface area contributed by atoms with Crippen LogP contribution in [0.2, 0.25) is 0 Å². The molecule has 2 saturated heterocycles. The molecule has 0 aromatic heterocycles. The maximum atomic E-state index is 10.2. The van der Waals surface area contributed by atoms with E-state index in [1.807, 2.05) is 12.1 Å². The minimum atomic E-state index is -0.155. The van der Waals surface area contributed by atoms with Crippen LogP contribution in [0.4, 0.5) is 0 Å². The molecule has 49 heavy (non-hydrogen) atoms. The molecule has 2 spiro atoms. The lowest BCUT2D eigenvalue weighted by Gasteiger charge is -2.53. The van der Waals surface area contributed by atoms with Crippen molar-refractivity contribution in [2.75, 3.05) is 27.3 Å². The van der Waals surface area contributed by atoms with Gasteiger partial charge >= 0.3 is 0 Å². The molecule has 4 aliphatic carbocycles. The summed E-state index contributed by atoms with van der Waals surface area (Å²) in [4.78, 5) is 2.66. The Labute approximate surface area is 287 Å². The molecule has 3 aromatic carbocycles. The Morgan fingerprint density at radius 3 is 2.24 bits per heavy atom. The highest BCUT2D eigenvalue weighted by Gasteiger charge is 2.63. The molecule has 0 amide bonds. The van der Waals surface area contributed by atoms with E-state index < -0.39 is 0 Å². The molecule has 4 bridgehead atoms. The Bertz CT molecular complexity index is 2030. The Balaban J connectivity index is 0.000000130. The second-order valence-corrected chi connectivity index (χ2v) is 14.8. The zero-order valence-corrected chi connectivity index (χ0v) is 28.3. The number of hydrogen-bond donors (Lipinski definition) is 2. The van der Waals surface area contributed by atoms with Crippen molar-refractivity contribution in [2.45, 2.75) is 74.3 Å². The molecule has 7 heteroatoms. The van der Waals surface area contributed by atoms with Crippen molar-refractivity contribution in [3.63, 3.8) is 0 Å². The summed E-state index contributed by atoms with van der Waals surface area (Å²) >= 11 is 0. The quantitative estimate of drug-likeness (QED) is 0.354. The van der Waals surface area contributed by atoms with Gasteiger partial charge in [0, 0.05) is 36.3 Å². The van der Waals surface area contributed by atoms with Crippen molar-refractivity contribution in [3.05, 3.63) is 135 Å². The SMILES string of the molecule is COC1=CC=C2[C@H]3Cc4ccc(C)c5c4[C@@]2(CCN3Cc2ccccc2)[C@H]1O5.COC1=CC=C2[C@H]3Cc4ccc(O)c5c4[C@@]2(CCN3)[C@H]1O5. The monoisotopic (exact) mass is 654 g/mol. The number of hydrogen-bond acceptors (Lipinski definition) is 7. The van der Waals surface area contributed by atoms with Crippen molar-refractivity contribution in [1.29, 1.82) is 0 Å². The van der Waals surface area contributed by atoms with Crippen LogP contribution in [0.15, 0.2) is 102 Å². The van der Waals surface area contributed by atoms with E-state index in [1.54, 1.807) is 20.3 Å². The maximum absolute atomic E-state index is 10.2. The fraction of sp³-hybridized carbons (Fsp3) is 0.381.